The minimum atomic E-state index is -4.67. The molecule has 0 aliphatic heterocycles. The van der Waals surface area contributed by atoms with Crippen molar-refractivity contribution in [2.45, 2.75) is 18.0 Å². The van der Waals surface area contributed by atoms with Crippen molar-refractivity contribution in [1.29, 1.82) is 0 Å². The molecule has 0 heterocycles. The molecule has 0 fully saturated rings. The Morgan fingerprint density at radius 2 is 1.69 bits per heavy atom. The van der Waals surface area contributed by atoms with E-state index in [1.54, 1.807) is 6.92 Å². The Kier molecular flexibility index (Phi) is 3.59. The van der Waals surface area contributed by atoms with Gasteiger partial charge in [-0.1, -0.05) is 17.7 Å². The summed E-state index contributed by atoms with van der Waals surface area (Å²) in [5, 5.41) is 0. The van der Waals surface area contributed by atoms with Crippen LogP contribution in [0.25, 0.3) is 0 Å². The van der Waals surface area contributed by atoms with Gasteiger partial charge in [-0.05, 0) is 19.1 Å². The largest absolute Gasteiger partial charge is 0.413 e. The van der Waals surface area contributed by atoms with Gasteiger partial charge in [0.15, 0.2) is 6.61 Å². The number of aryl methyl sites for hydroxylation is 1. The van der Waals surface area contributed by atoms with Crippen LogP contribution in [0.15, 0.2) is 29.2 Å². The molecule has 0 radical (unpaired) electrons. The van der Waals surface area contributed by atoms with Gasteiger partial charge in [0.2, 0.25) is 0 Å². The first-order valence-corrected chi connectivity index (χ1v) is 5.64. The number of benzene rings is 1. The predicted molar refractivity (Wildman–Crippen MR) is 50.4 cm³/mol. The highest BCUT2D eigenvalue weighted by atomic mass is 32.2. The van der Waals surface area contributed by atoms with Gasteiger partial charge in [-0.3, -0.25) is 4.18 Å². The standard InChI is InChI=1S/C9H9F3O3S/c1-7-2-4-8(5-3-7)16(13,14)15-6-9(10,11)12/h2-5H,6H2,1H3/i10-1. The second kappa shape index (κ2) is 4.42. The fraction of sp³-hybridized carbons (Fsp3) is 0.333. The lowest BCUT2D eigenvalue weighted by atomic mass is 10.2. The van der Waals surface area contributed by atoms with Gasteiger partial charge in [-0.25, -0.2) is 0 Å². The van der Waals surface area contributed by atoms with Crippen LogP contribution >= 0.6 is 0 Å². The Balaban J connectivity index is 2.83. The van der Waals surface area contributed by atoms with Gasteiger partial charge < -0.3 is 0 Å². The van der Waals surface area contributed by atoms with Crippen LogP contribution in [0.3, 0.4) is 0 Å². The van der Waals surface area contributed by atoms with E-state index in [9.17, 15) is 21.6 Å². The summed E-state index contributed by atoms with van der Waals surface area (Å²) in [6.45, 7) is -0.0871. The molecule has 0 spiro atoms. The average Bonchev–Trinajstić information content (AvgIpc) is 2.15. The molecular weight excluding hydrogens is 244 g/mol. The molecule has 0 atom stereocenters. The highest BCUT2D eigenvalue weighted by Gasteiger charge is 2.31. The maximum Gasteiger partial charge on any atom is 0.413 e. The van der Waals surface area contributed by atoms with E-state index in [4.69, 9.17) is 0 Å². The van der Waals surface area contributed by atoms with Crippen molar-refractivity contribution in [3.8, 4) is 0 Å². The first-order chi connectivity index (χ1) is 7.21. The smallest absolute Gasteiger partial charge is 0.257 e. The third kappa shape index (κ3) is 3.82. The third-order valence-electron chi connectivity index (χ3n) is 1.69. The number of halogens is 3. The summed E-state index contributed by atoms with van der Waals surface area (Å²) < 4.78 is 61.7. The molecule has 0 amide bonds. The molecule has 3 nitrogen and oxygen atoms in total. The van der Waals surface area contributed by atoms with Crippen molar-refractivity contribution in [1.82, 2.24) is 0 Å². The molecule has 1 aromatic carbocycles. The van der Waals surface area contributed by atoms with Crippen molar-refractivity contribution in [2.24, 2.45) is 0 Å². The molecule has 0 aromatic heterocycles. The van der Waals surface area contributed by atoms with Gasteiger partial charge in [0.05, 0.1) is 4.90 Å². The van der Waals surface area contributed by atoms with E-state index in [-0.39, 0.29) is 4.90 Å². The quantitative estimate of drug-likeness (QED) is 0.776. The van der Waals surface area contributed by atoms with Gasteiger partial charge in [0.1, 0.15) is 0 Å². The summed E-state index contributed by atoms with van der Waals surface area (Å²) in [7, 11) is -4.33. The van der Waals surface area contributed by atoms with Crippen molar-refractivity contribution in [3.63, 3.8) is 0 Å². The van der Waals surface area contributed by atoms with Crippen LogP contribution in [0.2, 0.25) is 0 Å². The minimum absolute atomic E-state index is 0.289. The molecule has 0 aliphatic rings. The summed E-state index contributed by atoms with van der Waals surface area (Å²) >= 11 is 0. The van der Waals surface area contributed by atoms with E-state index in [2.05, 4.69) is 4.18 Å². The Labute approximate surface area is 91.0 Å². The van der Waals surface area contributed by atoms with Crippen LogP contribution in [0.5, 0.6) is 0 Å². The molecule has 16 heavy (non-hydrogen) atoms. The molecule has 0 unspecified atom stereocenters. The number of rotatable bonds is 3. The van der Waals surface area contributed by atoms with E-state index in [0.717, 1.165) is 5.56 Å². The number of alkyl halides is 3. The van der Waals surface area contributed by atoms with E-state index in [1.807, 2.05) is 0 Å². The highest BCUT2D eigenvalue weighted by Crippen LogP contribution is 2.19. The van der Waals surface area contributed by atoms with Crippen LogP contribution in [-0.2, 0) is 14.3 Å². The van der Waals surface area contributed by atoms with Crippen LogP contribution in [0.1, 0.15) is 5.56 Å². The lowest BCUT2D eigenvalue weighted by Crippen LogP contribution is -2.20. The maximum absolute atomic E-state index is 11.8. The number of hydrogen-bond acceptors (Lipinski definition) is 3. The fourth-order valence-electron chi connectivity index (χ4n) is 0.917. The van der Waals surface area contributed by atoms with E-state index < -0.39 is 22.9 Å². The van der Waals surface area contributed by atoms with Crippen LogP contribution in [0.4, 0.5) is 13.2 Å². The monoisotopic (exact) mass is 253 g/mol. The molecule has 1 rings (SSSR count). The zero-order valence-electron chi connectivity index (χ0n) is 8.28. The van der Waals surface area contributed by atoms with Crippen molar-refractivity contribution >= 4 is 10.1 Å². The first kappa shape index (κ1) is 13.0. The summed E-state index contributed by atoms with van der Waals surface area (Å²) in [6, 6.07) is 5.34. The molecule has 0 N–H and O–H groups in total. The van der Waals surface area contributed by atoms with Crippen molar-refractivity contribution in [3.05, 3.63) is 29.8 Å². The molecular formula is C9H9F3O3S. The Morgan fingerprint density at radius 3 is 2.12 bits per heavy atom. The molecule has 0 aliphatic carbocycles. The van der Waals surface area contributed by atoms with E-state index in [0.29, 0.717) is 0 Å². The maximum atomic E-state index is 11.8. The molecule has 0 saturated carbocycles. The van der Waals surface area contributed by atoms with Crippen LogP contribution in [0, 0.1) is 6.92 Å². The summed E-state index contributed by atoms with van der Waals surface area (Å²) in [4.78, 5) is -0.289. The lowest BCUT2D eigenvalue weighted by Gasteiger charge is -2.08. The van der Waals surface area contributed by atoms with Crippen LogP contribution in [-0.4, -0.2) is 21.2 Å². The molecule has 90 valence electrons. The van der Waals surface area contributed by atoms with Crippen LogP contribution < -0.4 is 0 Å². The lowest BCUT2D eigenvalue weighted by molar-refractivity contribution is -0.152. The zero-order valence-corrected chi connectivity index (χ0v) is 9.10. The molecule has 1 aromatic rings. The third-order valence-corrected chi connectivity index (χ3v) is 2.97. The summed E-state index contributed by atoms with van der Waals surface area (Å²) in [5.41, 5.74) is 0.801. The Bertz CT molecular complexity index is 448. The minimum Gasteiger partial charge on any atom is -0.257 e. The average molecular weight is 253 g/mol. The van der Waals surface area contributed by atoms with Gasteiger partial charge in [0.25, 0.3) is 10.1 Å². The van der Waals surface area contributed by atoms with Gasteiger partial charge in [0, 0.05) is 0 Å². The van der Waals surface area contributed by atoms with Gasteiger partial charge in [-0.15, -0.1) is 0 Å². The van der Waals surface area contributed by atoms with Gasteiger partial charge >= 0.3 is 6.18 Å². The van der Waals surface area contributed by atoms with E-state index >= 15 is 0 Å². The predicted octanol–water partition coefficient (Wildman–Crippen LogP) is 2.26. The molecule has 7 heteroatoms. The summed E-state index contributed by atoms with van der Waals surface area (Å²) in [6.07, 6.45) is -4.67. The molecule has 0 bridgehead atoms. The Morgan fingerprint density at radius 1 is 1.19 bits per heavy atom. The van der Waals surface area contributed by atoms with Crippen molar-refractivity contribution < 1.29 is 25.8 Å². The SMILES string of the molecule is Cc1ccc(S(=O)(=O)OCC(F)(F)[18F])cc1. The van der Waals surface area contributed by atoms with E-state index in [1.165, 1.54) is 24.3 Å². The highest BCUT2D eigenvalue weighted by molar-refractivity contribution is 7.86. The fourth-order valence-corrected chi connectivity index (χ4v) is 1.81. The molecule has 0 saturated heterocycles. The second-order valence-electron chi connectivity index (χ2n) is 3.14. The summed E-state index contributed by atoms with van der Waals surface area (Å²) in [5.74, 6) is 0. The Hall–Kier alpha value is -1.08. The van der Waals surface area contributed by atoms with Crippen molar-refractivity contribution in [2.75, 3.05) is 6.61 Å². The first-order valence-electron chi connectivity index (χ1n) is 4.23. The second-order valence-corrected chi connectivity index (χ2v) is 4.76. The topological polar surface area (TPSA) is 43.4 Å². The zero-order chi connectivity index (χ0) is 12.4. The van der Waals surface area contributed by atoms with Gasteiger partial charge in [-0.2, -0.15) is 21.6 Å². The number of hydrogen-bond donors (Lipinski definition) is 0. The normalized spacial score (nSPS) is 12.8.